The van der Waals surface area contributed by atoms with Crippen molar-refractivity contribution in [1.82, 2.24) is 10.2 Å². The molecule has 19 heavy (non-hydrogen) atoms. The van der Waals surface area contributed by atoms with E-state index in [1.54, 1.807) is 0 Å². The second kappa shape index (κ2) is 6.13. The van der Waals surface area contributed by atoms with E-state index in [0.29, 0.717) is 5.54 Å². The monoisotopic (exact) mass is 264 g/mol. The Morgan fingerprint density at radius 3 is 2.63 bits per heavy atom. The summed E-state index contributed by atoms with van der Waals surface area (Å²) in [6, 6.07) is 0.899. The van der Waals surface area contributed by atoms with Gasteiger partial charge in [-0.15, -0.1) is 0 Å². The molecule has 2 unspecified atom stereocenters. The van der Waals surface area contributed by atoms with E-state index >= 15 is 0 Å². The summed E-state index contributed by atoms with van der Waals surface area (Å²) in [6.45, 7) is 6.34. The first-order valence-corrected chi connectivity index (χ1v) is 8.82. The third-order valence-corrected chi connectivity index (χ3v) is 6.05. The van der Waals surface area contributed by atoms with E-state index in [-0.39, 0.29) is 0 Å². The van der Waals surface area contributed by atoms with Crippen LogP contribution in [0, 0.1) is 5.92 Å². The van der Waals surface area contributed by atoms with Gasteiger partial charge in [-0.05, 0) is 51.1 Å². The number of rotatable bonds is 2. The van der Waals surface area contributed by atoms with Gasteiger partial charge in [0.2, 0.25) is 0 Å². The molecule has 0 amide bonds. The molecule has 0 aromatic carbocycles. The Kier molecular flexibility index (Phi) is 4.48. The molecule has 3 fully saturated rings. The van der Waals surface area contributed by atoms with Crippen LogP contribution in [0.4, 0.5) is 0 Å². The van der Waals surface area contributed by atoms with Crippen molar-refractivity contribution < 1.29 is 0 Å². The van der Waals surface area contributed by atoms with Gasteiger partial charge in [-0.3, -0.25) is 4.90 Å². The van der Waals surface area contributed by atoms with E-state index < -0.39 is 0 Å². The Labute approximate surface area is 119 Å². The average molecular weight is 264 g/mol. The van der Waals surface area contributed by atoms with Crippen molar-refractivity contribution >= 4 is 0 Å². The second-order valence-corrected chi connectivity index (χ2v) is 7.26. The van der Waals surface area contributed by atoms with E-state index in [4.69, 9.17) is 0 Å². The summed E-state index contributed by atoms with van der Waals surface area (Å²) in [5.74, 6) is 0.977. The predicted molar refractivity (Wildman–Crippen MR) is 81.4 cm³/mol. The second-order valence-electron chi connectivity index (χ2n) is 7.26. The quantitative estimate of drug-likeness (QED) is 0.820. The Morgan fingerprint density at radius 2 is 1.84 bits per heavy atom. The first kappa shape index (κ1) is 13.9. The third-order valence-electron chi connectivity index (χ3n) is 6.05. The molecule has 3 rings (SSSR count). The normalized spacial score (nSPS) is 36.5. The summed E-state index contributed by atoms with van der Waals surface area (Å²) in [4.78, 5) is 2.90. The highest BCUT2D eigenvalue weighted by molar-refractivity contribution is 4.99. The summed E-state index contributed by atoms with van der Waals surface area (Å²) in [5.41, 5.74) is 0.492. The SMILES string of the molecule is CCC1CCCCC1N1CCCNC2(CCCC2)C1. The summed E-state index contributed by atoms with van der Waals surface area (Å²) < 4.78 is 0. The van der Waals surface area contributed by atoms with Crippen molar-refractivity contribution in [3.63, 3.8) is 0 Å². The molecule has 2 heteroatoms. The largest absolute Gasteiger partial charge is 0.310 e. The lowest BCUT2D eigenvalue weighted by atomic mass is 9.81. The zero-order valence-electron chi connectivity index (χ0n) is 12.8. The Balaban J connectivity index is 1.70. The van der Waals surface area contributed by atoms with Crippen molar-refractivity contribution in [2.45, 2.75) is 82.7 Å². The number of hydrogen-bond donors (Lipinski definition) is 1. The molecule has 1 N–H and O–H groups in total. The molecule has 110 valence electrons. The van der Waals surface area contributed by atoms with Crippen LogP contribution in [0.25, 0.3) is 0 Å². The molecule has 0 radical (unpaired) electrons. The van der Waals surface area contributed by atoms with Crippen LogP contribution in [0.15, 0.2) is 0 Å². The van der Waals surface area contributed by atoms with Crippen LogP contribution in [0.1, 0.15) is 71.1 Å². The van der Waals surface area contributed by atoms with Gasteiger partial charge in [0.15, 0.2) is 0 Å². The molecule has 1 heterocycles. The van der Waals surface area contributed by atoms with Gasteiger partial charge in [0.1, 0.15) is 0 Å². The number of nitrogens with one attached hydrogen (secondary N) is 1. The minimum atomic E-state index is 0.492. The molecule has 2 aliphatic carbocycles. The molecule has 1 spiro atoms. The van der Waals surface area contributed by atoms with Gasteiger partial charge in [-0.1, -0.05) is 39.0 Å². The molecular formula is C17H32N2. The van der Waals surface area contributed by atoms with E-state index in [1.807, 2.05) is 0 Å². The van der Waals surface area contributed by atoms with Crippen molar-refractivity contribution in [2.75, 3.05) is 19.6 Å². The van der Waals surface area contributed by atoms with E-state index in [0.717, 1.165) is 12.0 Å². The Bertz CT molecular complexity index is 283. The zero-order chi connectivity index (χ0) is 13.1. The first-order valence-electron chi connectivity index (χ1n) is 8.82. The lowest BCUT2D eigenvalue weighted by molar-refractivity contribution is 0.0821. The molecular weight excluding hydrogens is 232 g/mol. The van der Waals surface area contributed by atoms with Gasteiger partial charge < -0.3 is 5.32 Å². The fraction of sp³-hybridized carbons (Fsp3) is 1.00. The molecule has 1 saturated heterocycles. The highest BCUT2D eigenvalue weighted by atomic mass is 15.2. The summed E-state index contributed by atoms with van der Waals surface area (Å²) in [6.07, 6.45) is 14.4. The van der Waals surface area contributed by atoms with Gasteiger partial charge >= 0.3 is 0 Å². The lowest BCUT2D eigenvalue weighted by Gasteiger charge is -2.43. The molecule has 2 nitrogen and oxygen atoms in total. The lowest BCUT2D eigenvalue weighted by Crippen LogP contribution is -2.53. The molecule has 0 aromatic rings. The van der Waals surface area contributed by atoms with E-state index in [9.17, 15) is 0 Å². The van der Waals surface area contributed by atoms with Crippen LogP contribution in [0.3, 0.4) is 0 Å². The van der Waals surface area contributed by atoms with E-state index in [2.05, 4.69) is 17.1 Å². The topological polar surface area (TPSA) is 15.3 Å². The number of nitrogens with zero attached hydrogens (tertiary/aromatic N) is 1. The van der Waals surface area contributed by atoms with Crippen LogP contribution in [0.2, 0.25) is 0 Å². The summed E-state index contributed by atoms with van der Waals surface area (Å²) >= 11 is 0. The summed E-state index contributed by atoms with van der Waals surface area (Å²) in [5, 5.41) is 3.92. The highest BCUT2D eigenvalue weighted by Gasteiger charge is 2.39. The van der Waals surface area contributed by atoms with Crippen LogP contribution < -0.4 is 5.32 Å². The van der Waals surface area contributed by atoms with Crippen LogP contribution in [-0.2, 0) is 0 Å². The maximum atomic E-state index is 3.92. The first-order chi connectivity index (χ1) is 9.33. The minimum Gasteiger partial charge on any atom is -0.310 e. The minimum absolute atomic E-state index is 0.492. The predicted octanol–water partition coefficient (Wildman–Crippen LogP) is 3.56. The van der Waals surface area contributed by atoms with Gasteiger partial charge in [0, 0.05) is 18.1 Å². The number of hydrogen-bond acceptors (Lipinski definition) is 2. The molecule has 2 saturated carbocycles. The smallest absolute Gasteiger partial charge is 0.0308 e. The molecule has 3 aliphatic rings. The van der Waals surface area contributed by atoms with Gasteiger partial charge in [-0.25, -0.2) is 0 Å². The van der Waals surface area contributed by atoms with Crippen molar-refractivity contribution in [2.24, 2.45) is 5.92 Å². The van der Waals surface area contributed by atoms with Gasteiger partial charge in [0.25, 0.3) is 0 Å². The maximum absolute atomic E-state index is 3.92. The fourth-order valence-corrected chi connectivity index (χ4v) is 4.97. The molecule has 2 atom stereocenters. The fourth-order valence-electron chi connectivity index (χ4n) is 4.97. The van der Waals surface area contributed by atoms with Crippen molar-refractivity contribution in [1.29, 1.82) is 0 Å². The Hall–Kier alpha value is -0.0800. The molecule has 0 aromatic heterocycles. The molecule has 0 bridgehead atoms. The van der Waals surface area contributed by atoms with Gasteiger partial charge in [-0.2, -0.15) is 0 Å². The highest BCUT2D eigenvalue weighted by Crippen LogP contribution is 2.36. The van der Waals surface area contributed by atoms with Crippen LogP contribution in [0.5, 0.6) is 0 Å². The average Bonchev–Trinajstić information content (AvgIpc) is 2.80. The molecule has 1 aliphatic heterocycles. The summed E-state index contributed by atoms with van der Waals surface area (Å²) in [7, 11) is 0. The Morgan fingerprint density at radius 1 is 1.05 bits per heavy atom. The van der Waals surface area contributed by atoms with Crippen LogP contribution >= 0.6 is 0 Å². The zero-order valence-corrected chi connectivity index (χ0v) is 12.8. The van der Waals surface area contributed by atoms with E-state index in [1.165, 1.54) is 83.8 Å². The van der Waals surface area contributed by atoms with Gasteiger partial charge in [0.05, 0.1) is 0 Å². The third kappa shape index (κ3) is 3.00. The standard InChI is InChI=1S/C17H32N2/c1-2-15-8-3-4-9-16(15)19-13-7-12-18-17(14-19)10-5-6-11-17/h15-16,18H,2-14H2,1H3. The maximum Gasteiger partial charge on any atom is 0.0308 e. The van der Waals surface area contributed by atoms with Crippen molar-refractivity contribution in [3.8, 4) is 0 Å². The van der Waals surface area contributed by atoms with Crippen molar-refractivity contribution in [3.05, 3.63) is 0 Å². The van der Waals surface area contributed by atoms with Crippen LogP contribution in [-0.4, -0.2) is 36.1 Å².